The van der Waals surface area contributed by atoms with Gasteiger partial charge in [0.25, 0.3) is 0 Å². The van der Waals surface area contributed by atoms with Crippen molar-refractivity contribution in [3.63, 3.8) is 0 Å². The Morgan fingerprint density at radius 3 is 2.84 bits per heavy atom. The lowest BCUT2D eigenvalue weighted by molar-refractivity contribution is -0.147. The lowest BCUT2D eigenvalue weighted by Crippen LogP contribution is -2.47. The van der Waals surface area contributed by atoms with Crippen molar-refractivity contribution >= 4 is 22.3 Å². The molecule has 19 heavy (non-hydrogen) atoms. The molecule has 0 fully saturated rings. The Bertz CT molecular complexity index is 613. The summed E-state index contributed by atoms with van der Waals surface area (Å²) in [4.78, 5) is 18.4. The van der Waals surface area contributed by atoms with Crippen LogP contribution in [0, 0.1) is 13.8 Å². The minimum absolute atomic E-state index is 0.271. The summed E-state index contributed by atoms with van der Waals surface area (Å²) in [5, 5.41) is 3.22. The van der Waals surface area contributed by atoms with Crippen LogP contribution in [0.1, 0.15) is 30.1 Å². The maximum Gasteiger partial charge on any atom is 0.325 e. The van der Waals surface area contributed by atoms with E-state index in [1.165, 1.54) is 12.0 Å². The van der Waals surface area contributed by atoms with E-state index in [9.17, 15) is 4.79 Å². The van der Waals surface area contributed by atoms with Gasteiger partial charge in [0.05, 0.1) is 18.5 Å². The summed E-state index contributed by atoms with van der Waals surface area (Å²) in [6, 6.07) is 0. The third kappa shape index (κ3) is 2.64. The number of ether oxygens (including phenoxy) is 1. The summed E-state index contributed by atoms with van der Waals surface area (Å²) in [6.07, 6.45) is 2.07. The van der Waals surface area contributed by atoms with Crippen molar-refractivity contribution in [3.05, 3.63) is 22.5 Å². The molecule has 2 rings (SSSR count). The van der Waals surface area contributed by atoms with E-state index in [0.29, 0.717) is 6.54 Å². The van der Waals surface area contributed by atoms with Crippen molar-refractivity contribution in [2.24, 2.45) is 0 Å². The highest BCUT2D eigenvalue weighted by molar-refractivity contribution is 7.17. The summed E-state index contributed by atoms with van der Waals surface area (Å²) in [6.45, 7) is 8.24. The zero-order valence-electron chi connectivity index (χ0n) is 11.9. The Kier molecular flexibility index (Phi) is 3.64. The number of rotatable bonds is 4. The predicted octanol–water partition coefficient (Wildman–Crippen LogP) is 2.05. The van der Waals surface area contributed by atoms with Crippen molar-refractivity contribution < 1.29 is 9.53 Å². The van der Waals surface area contributed by atoms with Crippen molar-refractivity contribution in [2.75, 3.05) is 7.11 Å². The van der Waals surface area contributed by atoms with Crippen molar-refractivity contribution in [3.8, 4) is 0 Å². The molecule has 1 N–H and O–H groups in total. The van der Waals surface area contributed by atoms with Crippen LogP contribution in [0.2, 0.25) is 0 Å². The third-order valence-electron chi connectivity index (χ3n) is 3.13. The average molecular weight is 281 g/mol. The molecule has 104 valence electrons. The number of hydrogen-bond donors (Lipinski definition) is 1. The Labute approximate surface area is 116 Å². The zero-order valence-corrected chi connectivity index (χ0v) is 12.7. The number of carbonyl (C=O) groups is 1. The van der Waals surface area contributed by atoms with Gasteiger partial charge in [0, 0.05) is 17.6 Å². The van der Waals surface area contributed by atoms with Crippen LogP contribution in [0.5, 0.6) is 0 Å². The van der Waals surface area contributed by atoms with Gasteiger partial charge in [-0.1, -0.05) is 0 Å². The lowest BCUT2D eigenvalue weighted by atomic mass is 10.1. The molecular formula is C13H19N3O2S. The standard InChI is InChI=1S/C13H19N3O2S/c1-8-7-16-10(9(2)15-12(16)19-8)6-14-13(3,4)11(17)18-5/h7,14H,6H2,1-5H3. The number of nitrogens with one attached hydrogen (secondary N) is 1. The summed E-state index contributed by atoms with van der Waals surface area (Å²) < 4.78 is 6.86. The molecule has 2 heterocycles. The number of aromatic nitrogens is 2. The first-order chi connectivity index (χ1) is 8.85. The van der Waals surface area contributed by atoms with Crippen LogP contribution in [0.25, 0.3) is 4.96 Å². The summed E-state index contributed by atoms with van der Waals surface area (Å²) >= 11 is 1.66. The molecule has 2 aromatic heterocycles. The first-order valence-electron chi connectivity index (χ1n) is 6.12. The molecule has 0 amide bonds. The van der Waals surface area contributed by atoms with E-state index >= 15 is 0 Å². The number of carbonyl (C=O) groups excluding carboxylic acids is 1. The van der Waals surface area contributed by atoms with Gasteiger partial charge >= 0.3 is 5.97 Å². The highest BCUT2D eigenvalue weighted by Gasteiger charge is 2.28. The zero-order chi connectivity index (χ0) is 14.2. The second-order valence-electron chi connectivity index (χ2n) is 5.11. The Morgan fingerprint density at radius 2 is 2.21 bits per heavy atom. The number of nitrogens with zero attached hydrogens (tertiary/aromatic N) is 2. The molecule has 0 aliphatic rings. The van der Waals surface area contributed by atoms with Crippen molar-refractivity contribution in [1.29, 1.82) is 0 Å². The van der Waals surface area contributed by atoms with Gasteiger partial charge in [-0.3, -0.25) is 14.5 Å². The molecule has 5 nitrogen and oxygen atoms in total. The minimum Gasteiger partial charge on any atom is -0.468 e. The Hall–Kier alpha value is -1.40. The summed E-state index contributed by atoms with van der Waals surface area (Å²) in [7, 11) is 1.40. The number of thiazole rings is 1. The van der Waals surface area contributed by atoms with E-state index in [0.717, 1.165) is 16.3 Å². The topological polar surface area (TPSA) is 55.6 Å². The molecule has 0 radical (unpaired) electrons. The predicted molar refractivity (Wildman–Crippen MR) is 75.5 cm³/mol. The van der Waals surface area contributed by atoms with Gasteiger partial charge in [0.1, 0.15) is 5.54 Å². The number of imidazole rings is 1. The van der Waals surface area contributed by atoms with E-state index < -0.39 is 5.54 Å². The van der Waals surface area contributed by atoms with Crippen LogP contribution < -0.4 is 5.32 Å². The molecule has 0 aromatic carbocycles. The number of esters is 1. The summed E-state index contributed by atoms with van der Waals surface area (Å²) in [5.41, 5.74) is 1.35. The molecule has 0 atom stereocenters. The number of hydrogen-bond acceptors (Lipinski definition) is 5. The van der Waals surface area contributed by atoms with Crippen LogP contribution in [0.15, 0.2) is 6.20 Å². The van der Waals surface area contributed by atoms with Crippen LogP contribution in [0.3, 0.4) is 0 Å². The monoisotopic (exact) mass is 281 g/mol. The lowest BCUT2D eigenvalue weighted by Gasteiger charge is -2.23. The van der Waals surface area contributed by atoms with Gasteiger partial charge in [0.15, 0.2) is 4.96 Å². The molecule has 0 aliphatic heterocycles. The van der Waals surface area contributed by atoms with Gasteiger partial charge in [-0.05, 0) is 27.7 Å². The van der Waals surface area contributed by atoms with Crippen molar-refractivity contribution in [2.45, 2.75) is 39.8 Å². The number of methoxy groups -OCH3 is 1. The second-order valence-corrected chi connectivity index (χ2v) is 6.32. The molecule has 0 saturated heterocycles. The second kappa shape index (κ2) is 4.94. The van der Waals surface area contributed by atoms with E-state index in [-0.39, 0.29) is 5.97 Å². The molecule has 0 bridgehead atoms. The van der Waals surface area contributed by atoms with Crippen LogP contribution in [-0.4, -0.2) is 28.0 Å². The fourth-order valence-corrected chi connectivity index (χ4v) is 2.84. The highest BCUT2D eigenvalue weighted by atomic mass is 32.1. The first-order valence-corrected chi connectivity index (χ1v) is 6.94. The van der Waals surface area contributed by atoms with Gasteiger partial charge in [-0.15, -0.1) is 11.3 Å². The number of fused-ring (bicyclic) bond motifs is 1. The largest absolute Gasteiger partial charge is 0.468 e. The third-order valence-corrected chi connectivity index (χ3v) is 4.03. The molecule has 2 aromatic rings. The Balaban J connectivity index is 2.22. The fraction of sp³-hybridized carbons (Fsp3) is 0.538. The average Bonchev–Trinajstić information content (AvgIpc) is 2.81. The summed E-state index contributed by atoms with van der Waals surface area (Å²) in [5.74, 6) is -0.271. The van der Waals surface area contributed by atoms with Crippen LogP contribution in [0.4, 0.5) is 0 Å². The van der Waals surface area contributed by atoms with Crippen LogP contribution in [-0.2, 0) is 16.1 Å². The SMILES string of the molecule is COC(=O)C(C)(C)NCc1c(C)nc2sc(C)cn12. The molecule has 0 saturated carbocycles. The van der Waals surface area contributed by atoms with Gasteiger partial charge < -0.3 is 4.74 Å². The first kappa shape index (κ1) is 14.0. The molecule has 0 unspecified atom stereocenters. The van der Waals surface area contributed by atoms with E-state index in [1.54, 1.807) is 11.3 Å². The quantitative estimate of drug-likeness (QED) is 0.872. The van der Waals surface area contributed by atoms with Gasteiger partial charge in [-0.2, -0.15) is 0 Å². The van der Waals surface area contributed by atoms with E-state index in [1.807, 2.05) is 20.8 Å². The fourth-order valence-electron chi connectivity index (χ4n) is 1.95. The maximum absolute atomic E-state index is 11.6. The molecule has 0 spiro atoms. The molecular weight excluding hydrogens is 262 g/mol. The Morgan fingerprint density at radius 1 is 1.53 bits per heavy atom. The maximum atomic E-state index is 11.6. The normalized spacial score (nSPS) is 12.1. The van der Waals surface area contributed by atoms with E-state index in [4.69, 9.17) is 4.74 Å². The smallest absolute Gasteiger partial charge is 0.325 e. The van der Waals surface area contributed by atoms with E-state index in [2.05, 4.69) is 27.8 Å². The molecule has 6 heteroatoms. The number of aryl methyl sites for hydroxylation is 2. The molecule has 0 aliphatic carbocycles. The van der Waals surface area contributed by atoms with Crippen molar-refractivity contribution in [1.82, 2.24) is 14.7 Å². The minimum atomic E-state index is -0.712. The van der Waals surface area contributed by atoms with Gasteiger partial charge in [-0.25, -0.2) is 4.98 Å². The van der Waals surface area contributed by atoms with Crippen LogP contribution >= 0.6 is 11.3 Å². The van der Waals surface area contributed by atoms with Gasteiger partial charge in [0.2, 0.25) is 0 Å². The highest BCUT2D eigenvalue weighted by Crippen LogP contribution is 2.21.